The fraction of sp³-hybridized carbons (Fsp3) is 0.400. The van der Waals surface area contributed by atoms with Crippen molar-refractivity contribution in [3.63, 3.8) is 0 Å². The summed E-state index contributed by atoms with van der Waals surface area (Å²) in [6, 6.07) is 2.34. The second-order valence-corrected chi connectivity index (χ2v) is 3.45. The molecule has 14 heavy (non-hydrogen) atoms. The molecule has 0 radical (unpaired) electrons. The van der Waals surface area contributed by atoms with Crippen molar-refractivity contribution in [1.29, 1.82) is 0 Å². The Morgan fingerprint density at radius 2 is 1.57 bits per heavy atom. The Labute approximate surface area is 80.8 Å². The minimum absolute atomic E-state index is 0.510. The first kappa shape index (κ1) is 9.24. The van der Waals surface area contributed by atoms with E-state index in [0.29, 0.717) is 5.69 Å². The molecule has 1 aliphatic heterocycles. The summed E-state index contributed by atoms with van der Waals surface area (Å²) < 4.78 is 26.0. The van der Waals surface area contributed by atoms with Gasteiger partial charge in [-0.25, -0.2) is 8.78 Å². The number of nitrogens with zero attached hydrogens (tertiary/aromatic N) is 1. The smallest absolute Gasteiger partial charge is 0.187 e. The van der Waals surface area contributed by atoms with Crippen molar-refractivity contribution in [3.8, 4) is 5.75 Å². The Balaban J connectivity index is 2.34. The number of halogens is 2. The molecule has 1 fully saturated rings. The maximum atomic E-state index is 13.0. The van der Waals surface area contributed by atoms with E-state index in [1.165, 1.54) is 12.1 Å². The number of hydrogen-bond acceptors (Lipinski definition) is 2. The first-order chi connectivity index (χ1) is 6.68. The third kappa shape index (κ3) is 1.52. The van der Waals surface area contributed by atoms with Crippen molar-refractivity contribution >= 4 is 5.69 Å². The lowest BCUT2D eigenvalue weighted by molar-refractivity contribution is 0.396. The van der Waals surface area contributed by atoms with Crippen molar-refractivity contribution in [3.05, 3.63) is 23.8 Å². The Morgan fingerprint density at radius 1 is 1.07 bits per heavy atom. The van der Waals surface area contributed by atoms with Crippen molar-refractivity contribution in [1.82, 2.24) is 0 Å². The van der Waals surface area contributed by atoms with Crippen LogP contribution in [0.3, 0.4) is 0 Å². The molecular weight excluding hydrogens is 188 g/mol. The summed E-state index contributed by atoms with van der Waals surface area (Å²) in [6.07, 6.45) is 2.09. The zero-order valence-electron chi connectivity index (χ0n) is 7.63. The lowest BCUT2D eigenvalue weighted by atomic mass is 10.2. The quantitative estimate of drug-likeness (QED) is 0.750. The molecule has 0 spiro atoms. The number of phenols is 1. The summed E-state index contributed by atoms with van der Waals surface area (Å²) in [5, 5.41) is 8.91. The number of anilines is 1. The first-order valence-corrected chi connectivity index (χ1v) is 4.61. The summed E-state index contributed by atoms with van der Waals surface area (Å²) in [6.45, 7) is 1.65. The average molecular weight is 199 g/mol. The molecule has 1 N–H and O–H groups in total. The van der Waals surface area contributed by atoms with Crippen LogP contribution in [0.4, 0.5) is 14.5 Å². The normalized spacial score (nSPS) is 16.3. The fourth-order valence-corrected chi connectivity index (χ4v) is 1.71. The van der Waals surface area contributed by atoms with Gasteiger partial charge in [-0.05, 0) is 12.8 Å². The fourth-order valence-electron chi connectivity index (χ4n) is 1.71. The predicted molar refractivity (Wildman–Crippen MR) is 49.5 cm³/mol. The third-order valence-electron chi connectivity index (χ3n) is 2.47. The molecule has 0 aromatic heterocycles. The summed E-state index contributed by atoms with van der Waals surface area (Å²) in [5.74, 6) is -2.69. The van der Waals surface area contributed by atoms with Gasteiger partial charge >= 0.3 is 0 Å². The molecule has 1 heterocycles. The Morgan fingerprint density at radius 3 is 2.07 bits per heavy atom. The van der Waals surface area contributed by atoms with E-state index in [0.717, 1.165) is 25.9 Å². The number of benzene rings is 1. The number of phenolic OH excluding ortho intramolecular Hbond substituents is 1. The van der Waals surface area contributed by atoms with Gasteiger partial charge in [0, 0.05) is 30.9 Å². The zero-order chi connectivity index (χ0) is 10.1. The zero-order valence-corrected chi connectivity index (χ0v) is 7.63. The molecule has 0 bridgehead atoms. The minimum atomic E-state index is -0.896. The van der Waals surface area contributed by atoms with Gasteiger partial charge in [0.15, 0.2) is 17.4 Å². The largest absolute Gasteiger partial charge is 0.503 e. The maximum absolute atomic E-state index is 13.0. The number of aromatic hydroxyl groups is 1. The van der Waals surface area contributed by atoms with Crippen LogP contribution in [-0.2, 0) is 0 Å². The van der Waals surface area contributed by atoms with E-state index >= 15 is 0 Å². The molecule has 0 amide bonds. The van der Waals surface area contributed by atoms with Gasteiger partial charge in [0.25, 0.3) is 0 Å². The highest BCUT2D eigenvalue weighted by atomic mass is 19.1. The van der Waals surface area contributed by atoms with Crippen LogP contribution in [0.2, 0.25) is 0 Å². The van der Waals surface area contributed by atoms with E-state index in [4.69, 9.17) is 5.11 Å². The van der Waals surface area contributed by atoms with Crippen molar-refractivity contribution in [2.45, 2.75) is 12.8 Å². The monoisotopic (exact) mass is 199 g/mol. The van der Waals surface area contributed by atoms with Gasteiger partial charge in [-0.15, -0.1) is 0 Å². The van der Waals surface area contributed by atoms with E-state index in [-0.39, 0.29) is 0 Å². The first-order valence-electron chi connectivity index (χ1n) is 4.61. The summed E-state index contributed by atoms with van der Waals surface area (Å²) >= 11 is 0. The lowest BCUT2D eigenvalue weighted by Crippen LogP contribution is -2.17. The SMILES string of the molecule is Oc1c(F)cc(N2CCCC2)cc1F. The molecule has 2 nitrogen and oxygen atoms in total. The van der Waals surface area contributed by atoms with Crippen molar-refractivity contribution in [2.24, 2.45) is 0 Å². The van der Waals surface area contributed by atoms with Crippen LogP contribution in [0.1, 0.15) is 12.8 Å². The molecule has 0 unspecified atom stereocenters. The highest BCUT2D eigenvalue weighted by Crippen LogP contribution is 2.28. The topological polar surface area (TPSA) is 23.5 Å². The van der Waals surface area contributed by atoms with Gasteiger partial charge in [0.05, 0.1) is 0 Å². The second-order valence-electron chi connectivity index (χ2n) is 3.45. The maximum Gasteiger partial charge on any atom is 0.187 e. The molecule has 0 atom stereocenters. The molecule has 4 heteroatoms. The van der Waals surface area contributed by atoms with Crippen molar-refractivity contribution in [2.75, 3.05) is 18.0 Å². The molecule has 1 saturated heterocycles. The Kier molecular flexibility index (Phi) is 2.27. The van der Waals surface area contributed by atoms with Gasteiger partial charge in [-0.3, -0.25) is 0 Å². The van der Waals surface area contributed by atoms with Crippen molar-refractivity contribution < 1.29 is 13.9 Å². The molecule has 0 aliphatic carbocycles. The van der Waals surface area contributed by atoms with Gasteiger partial charge in [-0.1, -0.05) is 0 Å². The average Bonchev–Trinajstić information content (AvgIpc) is 2.66. The Bertz CT molecular complexity index is 325. The second kappa shape index (κ2) is 3.44. The highest BCUT2D eigenvalue weighted by Gasteiger charge is 2.16. The van der Waals surface area contributed by atoms with Crippen LogP contribution in [0, 0.1) is 11.6 Å². The summed E-state index contributed by atoms with van der Waals surface area (Å²) in [7, 11) is 0. The lowest BCUT2D eigenvalue weighted by Gasteiger charge is -2.17. The van der Waals surface area contributed by atoms with Crippen LogP contribution in [0.5, 0.6) is 5.75 Å². The molecule has 76 valence electrons. The molecular formula is C10H11F2NO. The van der Waals surface area contributed by atoms with Gasteiger partial charge in [-0.2, -0.15) is 0 Å². The Hall–Kier alpha value is -1.32. The minimum Gasteiger partial charge on any atom is -0.503 e. The van der Waals surface area contributed by atoms with E-state index in [1.807, 2.05) is 4.90 Å². The molecule has 1 aromatic carbocycles. The van der Waals surface area contributed by atoms with Gasteiger partial charge in [0.2, 0.25) is 0 Å². The van der Waals surface area contributed by atoms with Crippen LogP contribution in [0.15, 0.2) is 12.1 Å². The van der Waals surface area contributed by atoms with E-state index in [9.17, 15) is 8.78 Å². The van der Waals surface area contributed by atoms with Crippen LogP contribution in [0.25, 0.3) is 0 Å². The molecule has 0 saturated carbocycles. The van der Waals surface area contributed by atoms with E-state index in [2.05, 4.69) is 0 Å². The van der Waals surface area contributed by atoms with Gasteiger partial charge in [0.1, 0.15) is 0 Å². The van der Waals surface area contributed by atoms with Crippen LogP contribution < -0.4 is 4.90 Å². The molecule has 2 rings (SSSR count). The third-order valence-corrected chi connectivity index (χ3v) is 2.47. The molecule has 1 aromatic rings. The van der Waals surface area contributed by atoms with Crippen LogP contribution in [-0.4, -0.2) is 18.2 Å². The number of hydrogen-bond donors (Lipinski definition) is 1. The van der Waals surface area contributed by atoms with Gasteiger partial charge < -0.3 is 10.0 Å². The standard InChI is InChI=1S/C10H11F2NO/c11-8-5-7(6-9(12)10(8)14)13-3-1-2-4-13/h5-6,14H,1-4H2. The predicted octanol–water partition coefficient (Wildman–Crippen LogP) is 2.27. The molecule has 1 aliphatic rings. The summed E-state index contributed by atoms with van der Waals surface area (Å²) in [4.78, 5) is 1.91. The van der Waals surface area contributed by atoms with E-state index < -0.39 is 17.4 Å². The number of rotatable bonds is 1. The highest BCUT2D eigenvalue weighted by molar-refractivity contribution is 5.50. The van der Waals surface area contributed by atoms with Crippen LogP contribution >= 0.6 is 0 Å². The van der Waals surface area contributed by atoms with E-state index in [1.54, 1.807) is 0 Å². The summed E-state index contributed by atoms with van der Waals surface area (Å²) in [5.41, 5.74) is 0.510.